The van der Waals surface area contributed by atoms with Crippen molar-refractivity contribution in [1.82, 2.24) is 0 Å². The van der Waals surface area contributed by atoms with Gasteiger partial charge in [-0.1, -0.05) is 12.2 Å². The molecule has 0 bridgehead atoms. The van der Waals surface area contributed by atoms with Crippen molar-refractivity contribution in [3.05, 3.63) is 12.2 Å². The first-order chi connectivity index (χ1) is 4.74. The fraction of sp³-hybridized carbons (Fsp3) is 0.571. The third kappa shape index (κ3) is 1.36. The van der Waals surface area contributed by atoms with E-state index in [0.717, 1.165) is 24.8 Å². The molecule has 1 atom stereocenters. The first-order valence-electron chi connectivity index (χ1n) is 3.31. The number of carbonyl (C=O) groups is 1. The van der Waals surface area contributed by atoms with Crippen molar-refractivity contribution in [2.45, 2.75) is 19.3 Å². The Morgan fingerprint density at radius 3 is 2.90 bits per heavy atom. The normalized spacial score (nSPS) is 24.9. The number of hydrogen-bond donors (Lipinski definition) is 1. The molecule has 0 aromatic rings. The average Bonchev–Trinajstić information content (AvgIpc) is 2.34. The van der Waals surface area contributed by atoms with Crippen LogP contribution in [0.4, 0.5) is 0 Å². The lowest BCUT2D eigenvalue weighted by atomic mass is 10.1. The minimum atomic E-state index is -0.307. The topological polar surface area (TPSA) is 52.3 Å². The standard InChI is InChI=1S/C7H11NO2/c1-5-2-3-6(4-5)7(9)10-8/h6H,1-4,8H2. The molecule has 0 aromatic carbocycles. The maximum atomic E-state index is 10.8. The molecule has 56 valence electrons. The molecule has 0 aromatic heterocycles. The summed E-state index contributed by atoms with van der Waals surface area (Å²) in [6.07, 6.45) is 2.52. The molecule has 0 amide bonds. The van der Waals surface area contributed by atoms with Gasteiger partial charge in [-0.25, -0.2) is 0 Å². The van der Waals surface area contributed by atoms with E-state index >= 15 is 0 Å². The van der Waals surface area contributed by atoms with Crippen LogP contribution in [0.25, 0.3) is 0 Å². The Morgan fingerprint density at radius 2 is 2.50 bits per heavy atom. The number of carbonyl (C=O) groups excluding carboxylic acids is 1. The first-order valence-corrected chi connectivity index (χ1v) is 3.31. The van der Waals surface area contributed by atoms with Gasteiger partial charge in [0.1, 0.15) is 0 Å². The van der Waals surface area contributed by atoms with E-state index in [-0.39, 0.29) is 11.9 Å². The van der Waals surface area contributed by atoms with Gasteiger partial charge >= 0.3 is 5.97 Å². The van der Waals surface area contributed by atoms with Crippen LogP contribution in [-0.4, -0.2) is 5.97 Å². The molecule has 1 aliphatic carbocycles. The SMILES string of the molecule is C=C1CCC(C(=O)ON)C1. The molecular weight excluding hydrogens is 130 g/mol. The minimum Gasteiger partial charge on any atom is -0.373 e. The molecule has 0 saturated heterocycles. The van der Waals surface area contributed by atoms with Crippen LogP contribution in [0.5, 0.6) is 0 Å². The van der Waals surface area contributed by atoms with Crippen molar-refractivity contribution >= 4 is 5.97 Å². The molecule has 3 heteroatoms. The van der Waals surface area contributed by atoms with Crippen molar-refractivity contribution in [3.8, 4) is 0 Å². The monoisotopic (exact) mass is 141 g/mol. The van der Waals surface area contributed by atoms with E-state index in [0.29, 0.717) is 0 Å². The van der Waals surface area contributed by atoms with E-state index in [2.05, 4.69) is 11.4 Å². The van der Waals surface area contributed by atoms with Gasteiger partial charge in [0, 0.05) is 0 Å². The third-order valence-corrected chi connectivity index (χ3v) is 1.83. The zero-order valence-electron chi connectivity index (χ0n) is 5.80. The van der Waals surface area contributed by atoms with Crippen molar-refractivity contribution in [1.29, 1.82) is 0 Å². The fourth-order valence-electron chi connectivity index (χ4n) is 1.23. The van der Waals surface area contributed by atoms with E-state index in [1.54, 1.807) is 0 Å². The van der Waals surface area contributed by atoms with Crippen molar-refractivity contribution in [2.24, 2.45) is 11.8 Å². The molecule has 1 rings (SSSR count). The van der Waals surface area contributed by atoms with Crippen LogP contribution in [0.15, 0.2) is 12.2 Å². The van der Waals surface area contributed by atoms with Crippen LogP contribution in [0.2, 0.25) is 0 Å². The Balaban J connectivity index is 2.44. The molecule has 1 aliphatic rings. The maximum absolute atomic E-state index is 10.8. The number of rotatable bonds is 1. The lowest BCUT2D eigenvalue weighted by Gasteiger charge is -2.02. The highest BCUT2D eigenvalue weighted by molar-refractivity contribution is 5.73. The highest BCUT2D eigenvalue weighted by Crippen LogP contribution is 2.29. The largest absolute Gasteiger partial charge is 0.373 e. The molecule has 0 radical (unpaired) electrons. The summed E-state index contributed by atoms with van der Waals surface area (Å²) in [7, 11) is 0. The van der Waals surface area contributed by atoms with Crippen molar-refractivity contribution < 1.29 is 9.63 Å². The lowest BCUT2D eigenvalue weighted by molar-refractivity contribution is -0.148. The summed E-state index contributed by atoms with van der Waals surface area (Å²) in [5.41, 5.74) is 1.12. The first kappa shape index (κ1) is 7.28. The fourth-order valence-corrected chi connectivity index (χ4v) is 1.23. The number of hydrogen-bond acceptors (Lipinski definition) is 3. The van der Waals surface area contributed by atoms with Crippen LogP contribution in [0.1, 0.15) is 19.3 Å². The molecule has 1 fully saturated rings. The molecule has 0 aliphatic heterocycles. The summed E-state index contributed by atoms with van der Waals surface area (Å²) in [5.74, 6) is 4.38. The van der Waals surface area contributed by atoms with Gasteiger partial charge in [-0.2, -0.15) is 5.90 Å². The summed E-state index contributed by atoms with van der Waals surface area (Å²) >= 11 is 0. The van der Waals surface area contributed by atoms with Gasteiger partial charge in [-0.05, 0) is 19.3 Å². The Bertz CT molecular complexity index is 165. The van der Waals surface area contributed by atoms with Gasteiger partial charge in [-0.15, -0.1) is 0 Å². The second-order valence-corrected chi connectivity index (χ2v) is 2.63. The molecule has 1 unspecified atom stereocenters. The van der Waals surface area contributed by atoms with Crippen molar-refractivity contribution in [3.63, 3.8) is 0 Å². The van der Waals surface area contributed by atoms with Gasteiger partial charge in [0.2, 0.25) is 0 Å². The van der Waals surface area contributed by atoms with Crippen LogP contribution < -0.4 is 5.90 Å². The predicted molar refractivity (Wildman–Crippen MR) is 36.8 cm³/mol. The minimum absolute atomic E-state index is 0.0301. The van der Waals surface area contributed by atoms with E-state index in [4.69, 9.17) is 5.90 Å². The third-order valence-electron chi connectivity index (χ3n) is 1.83. The summed E-state index contributed by atoms with van der Waals surface area (Å²) in [6, 6.07) is 0. The summed E-state index contributed by atoms with van der Waals surface area (Å²) in [4.78, 5) is 14.9. The summed E-state index contributed by atoms with van der Waals surface area (Å²) in [6.45, 7) is 3.77. The Kier molecular flexibility index (Phi) is 2.06. The van der Waals surface area contributed by atoms with E-state index < -0.39 is 0 Å². The smallest absolute Gasteiger partial charge is 0.327 e. The van der Waals surface area contributed by atoms with Crippen LogP contribution >= 0.6 is 0 Å². The maximum Gasteiger partial charge on any atom is 0.327 e. The predicted octanol–water partition coefficient (Wildman–Crippen LogP) is 0.760. The van der Waals surface area contributed by atoms with E-state index in [1.807, 2.05) is 0 Å². The zero-order chi connectivity index (χ0) is 7.56. The molecule has 10 heavy (non-hydrogen) atoms. The molecular formula is C7H11NO2. The summed E-state index contributed by atoms with van der Waals surface area (Å²) < 4.78 is 0. The number of nitrogens with two attached hydrogens (primary N) is 1. The average molecular weight is 141 g/mol. The zero-order valence-corrected chi connectivity index (χ0v) is 5.80. The van der Waals surface area contributed by atoms with Crippen LogP contribution in [0.3, 0.4) is 0 Å². The van der Waals surface area contributed by atoms with E-state index in [9.17, 15) is 4.79 Å². The molecule has 2 N–H and O–H groups in total. The number of allylic oxidation sites excluding steroid dienone is 1. The Labute approximate surface area is 59.8 Å². The highest BCUT2D eigenvalue weighted by atomic mass is 16.7. The van der Waals surface area contributed by atoms with Gasteiger partial charge in [0.15, 0.2) is 0 Å². The Morgan fingerprint density at radius 1 is 1.80 bits per heavy atom. The van der Waals surface area contributed by atoms with Crippen molar-refractivity contribution in [2.75, 3.05) is 0 Å². The Hall–Kier alpha value is -0.830. The second kappa shape index (κ2) is 2.84. The quantitative estimate of drug-likeness (QED) is 0.433. The van der Waals surface area contributed by atoms with E-state index in [1.165, 1.54) is 0 Å². The highest BCUT2D eigenvalue weighted by Gasteiger charge is 2.25. The van der Waals surface area contributed by atoms with Gasteiger partial charge in [-0.3, -0.25) is 4.79 Å². The van der Waals surface area contributed by atoms with Crippen LogP contribution in [-0.2, 0) is 9.63 Å². The molecule has 1 saturated carbocycles. The summed E-state index contributed by atoms with van der Waals surface area (Å²) in [5, 5.41) is 0. The van der Waals surface area contributed by atoms with Crippen LogP contribution in [0, 0.1) is 5.92 Å². The second-order valence-electron chi connectivity index (χ2n) is 2.63. The molecule has 3 nitrogen and oxygen atoms in total. The van der Waals surface area contributed by atoms with Gasteiger partial charge in [0.25, 0.3) is 0 Å². The molecule has 0 heterocycles. The molecule has 0 spiro atoms. The lowest BCUT2D eigenvalue weighted by Crippen LogP contribution is -2.18. The van der Waals surface area contributed by atoms with Gasteiger partial charge in [0.05, 0.1) is 5.92 Å². The van der Waals surface area contributed by atoms with Gasteiger partial charge < -0.3 is 4.84 Å².